The monoisotopic (exact) mass is 240 g/mol. The van der Waals surface area contributed by atoms with E-state index in [0.717, 1.165) is 10.6 Å². The van der Waals surface area contributed by atoms with Gasteiger partial charge in [0.05, 0.1) is 6.26 Å². The molecule has 0 bridgehead atoms. The van der Waals surface area contributed by atoms with E-state index in [1.807, 2.05) is 0 Å². The smallest absolute Gasteiger partial charge is 0.404 e. The van der Waals surface area contributed by atoms with Gasteiger partial charge < -0.3 is 10.5 Å². The van der Waals surface area contributed by atoms with Crippen molar-refractivity contribution in [3.63, 3.8) is 0 Å². The first-order valence-electron chi connectivity index (χ1n) is 4.36. The molecule has 2 atom stereocenters. The van der Waals surface area contributed by atoms with Gasteiger partial charge in [0, 0.05) is 19.5 Å². The maximum Gasteiger partial charge on any atom is 0.404 e. The van der Waals surface area contributed by atoms with Crippen molar-refractivity contribution >= 4 is 16.1 Å². The SMILES string of the molecule is CS(=O)(=O)N1CCC(OC(N)=O)C(F)C1. The number of nitrogens with two attached hydrogens (primary N) is 1. The number of nitrogens with zero attached hydrogens (tertiary/aromatic N) is 1. The summed E-state index contributed by atoms with van der Waals surface area (Å²) in [6, 6.07) is 0. The molecule has 1 rings (SSSR count). The number of primary amides is 1. The number of carbonyl (C=O) groups is 1. The van der Waals surface area contributed by atoms with Gasteiger partial charge in [-0.3, -0.25) is 0 Å². The summed E-state index contributed by atoms with van der Waals surface area (Å²) in [7, 11) is -3.39. The normalized spacial score (nSPS) is 28.7. The van der Waals surface area contributed by atoms with Crippen LogP contribution in [-0.4, -0.2) is 50.4 Å². The maximum absolute atomic E-state index is 13.3. The number of sulfonamides is 1. The van der Waals surface area contributed by atoms with E-state index in [1.54, 1.807) is 0 Å². The zero-order valence-corrected chi connectivity index (χ0v) is 9.04. The highest BCUT2D eigenvalue weighted by Gasteiger charge is 2.35. The Morgan fingerprint density at radius 1 is 1.60 bits per heavy atom. The minimum atomic E-state index is -3.39. The summed E-state index contributed by atoms with van der Waals surface area (Å²) in [5.74, 6) is 0. The molecule has 0 saturated carbocycles. The van der Waals surface area contributed by atoms with Gasteiger partial charge in [-0.15, -0.1) is 0 Å². The second kappa shape index (κ2) is 4.31. The van der Waals surface area contributed by atoms with E-state index >= 15 is 0 Å². The Morgan fingerprint density at radius 2 is 2.20 bits per heavy atom. The quantitative estimate of drug-likeness (QED) is 0.701. The first-order valence-corrected chi connectivity index (χ1v) is 6.21. The van der Waals surface area contributed by atoms with Crippen LogP contribution in [-0.2, 0) is 14.8 Å². The topological polar surface area (TPSA) is 89.7 Å². The van der Waals surface area contributed by atoms with E-state index < -0.39 is 28.4 Å². The Morgan fingerprint density at radius 3 is 2.60 bits per heavy atom. The molecule has 2 unspecified atom stereocenters. The molecule has 1 amide bonds. The number of ether oxygens (including phenoxy) is 1. The standard InChI is InChI=1S/C7H13FN2O4S/c1-15(12,13)10-3-2-6(5(8)4-10)14-7(9)11/h5-6H,2-4H2,1H3,(H2,9,11). The molecule has 6 nitrogen and oxygen atoms in total. The van der Waals surface area contributed by atoms with E-state index in [-0.39, 0.29) is 19.5 Å². The van der Waals surface area contributed by atoms with E-state index in [2.05, 4.69) is 4.74 Å². The number of alkyl halides is 1. The molecule has 1 fully saturated rings. The lowest BCUT2D eigenvalue weighted by atomic mass is 10.1. The fourth-order valence-corrected chi connectivity index (χ4v) is 2.29. The largest absolute Gasteiger partial charge is 0.443 e. The Bertz CT molecular complexity index is 345. The van der Waals surface area contributed by atoms with E-state index in [1.165, 1.54) is 0 Å². The summed E-state index contributed by atoms with van der Waals surface area (Å²) >= 11 is 0. The summed E-state index contributed by atoms with van der Waals surface area (Å²) in [5, 5.41) is 0. The molecule has 8 heteroatoms. The first kappa shape index (κ1) is 12.2. The van der Waals surface area contributed by atoms with Crippen molar-refractivity contribution in [2.24, 2.45) is 5.73 Å². The van der Waals surface area contributed by atoms with Crippen LogP contribution in [0.2, 0.25) is 0 Å². The molecule has 15 heavy (non-hydrogen) atoms. The molecule has 0 aromatic rings. The third-order valence-electron chi connectivity index (χ3n) is 2.18. The minimum Gasteiger partial charge on any atom is -0.443 e. The maximum atomic E-state index is 13.3. The molecule has 2 N–H and O–H groups in total. The van der Waals surface area contributed by atoms with Crippen LogP contribution >= 0.6 is 0 Å². The molecule has 0 aliphatic carbocycles. The number of carbonyl (C=O) groups excluding carboxylic acids is 1. The molecule has 1 heterocycles. The number of rotatable bonds is 2. The van der Waals surface area contributed by atoms with Crippen LogP contribution in [0.1, 0.15) is 6.42 Å². The van der Waals surface area contributed by atoms with Crippen molar-refractivity contribution in [1.82, 2.24) is 4.31 Å². The van der Waals surface area contributed by atoms with Gasteiger partial charge >= 0.3 is 6.09 Å². The molecule has 0 spiro atoms. The van der Waals surface area contributed by atoms with Gasteiger partial charge in [-0.2, -0.15) is 4.31 Å². The van der Waals surface area contributed by atoms with E-state index in [0.29, 0.717) is 0 Å². The predicted molar refractivity (Wildman–Crippen MR) is 50.4 cm³/mol. The van der Waals surface area contributed by atoms with Gasteiger partial charge in [0.2, 0.25) is 10.0 Å². The van der Waals surface area contributed by atoms with Gasteiger partial charge in [-0.05, 0) is 0 Å². The highest BCUT2D eigenvalue weighted by atomic mass is 32.2. The van der Waals surface area contributed by atoms with Crippen LogP contribution in [0.25, 0.3) is 0 Å². The molecule has 1 saturated heterocycles. The Kier molecular flexibility index (Phi) is 3.50. The number of halogens is 1. The third kappa shape index (κ3) is 3.31. The summed E-state index contributed by atoms with van der Waals surface area (Å²) < 4.78 is 41.0. The lowest BCUT2D eigenvalue weighted by Crippen LogP contribution is -2.48. The third-order valence-corrected chi connectivity index (χ3v) is 3.45. The van der Waals surface area contributed by atoms with Crippen LogP contribution in [0.3, 0.4) is 0 Å². The van der Waals surface area contributed by atoms with Crippen molar-refractivity contribution in [3.8, 4) is 0 Å². The van der Waals surface area contributed by atoms with Crippen LogP contribution in [0.4, 0.5) is 9.18 Å². The van der Waals surface area contributed by atoms with Crippen molar-refractivity contribution in [2.75, 3.05) is 19.3 Å². The Labute approximate surface area is 87.2 Å². The fourth-order valence-electron chi connectivity index (χ4n) is 1.44. The summed E-state index contributed by atoms with van der Waals surface area (Å²) in [5.41, 5.74) is 4.75. The van der Waals surface area contributed by atoms with E-state index in [9.17, 15) is 17.6 Å². The molecule has 0 aromatic heterocycles. The molecule has 0 aromatic carbocycles. The fraction of sp³-hybridized carbons (Fsp3) is 0.857. The number of amides is 1. The molecular formula is C7H13FN2O4S. The predicted octanol–water partition coefficient (Wildman–Crippen LogP) is -0.546. The van der Waals surface area contributed by atoms with Crippen molar-refractivity contribution in [1.29, 1.82) is 0 Å². The van der Waals surface area contributed by atoms with Crippen molar-refractivity contribution < 1.29 is 22.3 Å². The zero-order valence-electron chi connectivity index (χ0n) is 8.22. The molecule has 0 radical (unpaired) electrons. The molecular weight excluding hydrogens is 227 g/mol. The Hall–Kier alpha value is -0.890. The summed E-state index contributed by atoms with van der Waals surface area (Å²) in [6.45, 7) is -0.159. The van der Waals surface area contributed by atoms with E-state index in [4.69, 9.17) is 5.73 Å². The number of piperidine rings is 1. The summed E-state index contributed by atoms with van der Waals surface area (Å²) in [4.78, 5) is 10.4. The van der Waals surface area contributed by atoms with Gasteiger partial charge in [-0.25, -0.2) is 17.6 Å². The lowest BCUT2D eigenvalue weighted by molar-refractivity contribution is 0.0147. The van der Waals surface area contributed by atoms with Gasteiger partial charge in [0.1, 0.15) is 6.10 Å². The second-order valence-electron chi connectivity index (χ2n) is 3.40. The molecule has 1 aliphatic rings. The van der Waals surface area contributed by atoms with Crippen LogP contribution < -0.4 is 5.73 Å². The average molecular weight is 240 g/mol. The first-order chi connectivity index (χ1) is 6.80. The number of hydrogen-bond donors (Lipinski definition) is 1. The highest BCUT2D eigenvalue weighted by Crippen LogP contribution is 2.19. The summed E-state index contributed by atoms with van der Waals surface area (Å²) in [6.07, 6.45) is -2.39. The highest BCUT2D eigenvalue weighted by molar-refractivity contribution is 7.88. The van der Waals surface area contributed by atoms with Crippen LogP contribution in [0.15, 0.2) is 0 Å². The average Bonchev–Trinajstić information content (AvgIpc) is 2.05. The van der Waals surface area contributed by atoms with Gasteiger partial charge in [0.15, 0.2) is 6.17 Å². The Balaban J connectivity index is 2.59. The number of hydrogen-bond acceptors (Lipinski definition) is 4. The zero-order chi connectivity index (χ0) is 11.6. The molecule has 1 aliphatic heterocycles. The van der Waals surface area contributed by atoms with Crippen LogP contribution in [0, 0.1) is 0 Å². The van der Waals surface area contributed by atoms with Gasteiger partial charge in [0.25, 0.3) is 0 Å². The lowest BCUT2D eigenvalue weighted by Gasteiger charge is -2.32. The minimum absolute atomic E-state index is 0.122. The van der Waals surface area contributed by atoms with Gasteiger partial charge in [-0.1, -0.05) is 0 Å². The van der Waals surface area contributed by atoms with Crippen molar-refractivity contribution in [3.05, 3.63) is 0 Å². The van der Waals surface area contributed by atoms with Crippen molar-refractivity contribution in [2.45, 2.75) is 18.7 Å². The second-order valence-corrected chi connectivity index (χ2v) is 5.38. The van der Waals surface area contributed by atoms with Crippen LogP contribution in [0.5, 0.6) is 0 Å². The molecule has 88 valence electrons.